The number of rotatable bonds is 8. The predicted molar refractivity (Wildman–Crippen MR) is 151 cm³/mol. The van der Waals surface area contributed by atoms with Crippen molar-refractivity contribution in [1.29, 1.82) is 0 Å². The first kappa shape index (κ1) is 25.9. The van der Waals surface area contributed by atoms with Crippen LogP contribution in [0.2, 0.25) is 0 Å². The topological polar surface area (TPSA) is 61.4 Å². The molecule has 7 heteroatoms. The van der Waals surface area contributed by atoms with Crippen LogP contribution in [-0.4, -0.2) is 26.5 Å². The Balaban J connectivity index is 1.73. The van der Waals surface area contributed by atoms with E-state index >= 15 is 0 Å². The SMILES string of the molecule is CC[C@H](C)Oc1ccc(-n2c(C)cc(C=Nn3c([C@@H](C)CC)nc4ccc(Br)cc4c3=O)c2C)cc1. The van der Waals surface area contributed by atoms with Gasteiger partial charge in [-0.25, -0.2) is 4.98 Å². The molecule has 0 spiro atoms. The molecular formula is C29H33BrN4O2. The van der Waals surface area contributed by atoms with Gasteiger partial charge in [-0.3, -0.25) is 4.79 Å². The van der Waals surface area contributed by atoms with Gasteiger partial charge in [0.2, 0.25) is 0 Å². The summed E-state index contributed by atoms with van der Waals surface area (Å²) < 4.78 is 10.4. The highest BCUT2D eigenvalue weighted by Gasteiger charge is 2.16. The minimum absolute atomic E-state index is 0.0893. The van der Waals surface area contributed by atoms with Gasteiger partial charge in [0, 0.05) is 33.0 Å². The smallest absolute Gasteiger partial charge is 0.282 e. The molecule has 0 aliphatic carbocycles. The normalized spacial score (nSPS) is 13.4. The van der Waals surface area contributed by atoms with Crippen molar-refractivity contribution in [2.24, 2.45) is 5.10 Å². The Hall–Kier alpha value is -3.19. The molecule has 0 aliphatic heterocycles. The van der Waals surface area contributed by atoms with E-state index in [9.17, 15) is 4.79 Å². The predicted octanol–water partition coefficient (Wildman–Crippen LogP) is 7.14. The van der Waals surface area contributed by atoms with Crippen molar-refractivity contribution >= 4 is 33.0 Å². The summed E-state index contributed by atoms with van der Waals surface area (Å²) in [5.41, 5.74) is 4.64. The molecule has 0 saturated heterocycles. The molecular weight excluding hydrogens is 516 g/mol. The molecule has 6 nitrogen and oxygen atoms in total. The molecule has 0 bridgehead atoms. The Morgan fingerprint density at radius 2 is 1.78 bits per heavy atom. The number of aryl methyl sites for hydroxylation is 1. The molecule has 36 heavy (non-hydrogen) atoms. The second kappa shape index (κ2) is 10.8. The zero-order chi connectivity index (χ0) is 26.0. The van der Waals surface area contributed by atoms with E-state index in [-0.39, 0.29) is 17.6 Å². The van der Waals surface area contributed by atoms with Gasteiger partial charge in [-0.05, 0) is 82.1 Å². The first-order valence-electron chi connectivity index (χ1n) is 12.5. The third-order valence-electron chi connectivity index (χ3n) is 6.68. The number of ether oxygens (including phenoxy) is 1. The molecule has 0 aliphatic rings. The molecule has 0 fully saturated rings. The minimum Gasteiger partial charge on any atom is -0.491 e. The van der Waals surface area contributed by atoms with Crippen molar-refractivity contribution in [3.63, 3.8) is 0 Å². The van der Waals surface area contributed by atoms with E-state index < -0.39 is 0 Å². The van der Waals surface area contributed by atoms with Gasteiger partial charge in [0.05, 0.1) is 23.2 Å². The fraction of sp³-hybridized carbons (Fsp3) is 0.345. The van der Waals surface area contributed by atoms with Crippen LogP contribution in [0.4, 0.5) is 0 Å². The average molecular weight is 550 g/mol. The second-order valence-corrected chi connectivity index (χ2v) is 10.2. The van der Waals surface area contributed by atoms with Crippen molar-refractivity contribution in [2.45, 2.75) is 66.4 Å². The summed E-state index contributed by atoms with van der Waals surface area (Å²) in [4.78, 5) is 18.2. The van der Waals surface area contributed by atoms with E-state index in [2.05, 4.69) is 85.3 Å². The largest absolute Gasteiger partial charge is 0.491 e. The lowest BCUT2D eigenvalue weighted by Gasteiger charge is -2.14. The zero-order valence-corrected chi connectivity index (χ0v) is 23.3. The van der Waals surface area contributed by atoms with Gasteiger partial charge in [0.25, 0.3) is 5.56 Å². The number of halogens is 1. The molecule has 0 saturated carbocycles. The Labute approximate surface area is 220 Å². The fourth-order valence-corrected chi connectivity index (χ4v) is 4.57. The maximum absolute atomic E-state index is 13.4. The third kappa shape index (κ3) is 5.16. The molecule has 4 aromatic rings. The van der Waals surface area contributed by atoms with Crippen molar-refractivity contribution < 1.29 is 4.74 Å². The Kier molecular flexibility index (Phi) is 7.79. The Bertz CT molecular complexity index is 1470. The summed E-state index contributed by atoms with van der Waals surface area (Å²) in [6.07, 6.45) is 3.77. The highest BCUT2D eigenvalue weighted by molar-refractivity contribution is 9.10. The van der Waals surface area contributed by atoms with E-state index in [0.29, 0.717) is 16.7 Å². The molecule has 0 radical (unpaired) electrons. The summed E-state index contributed by atoms with van der Waals surface area (Å²) in [5, 5.41) is 5.20. The summed E-state index contributed by atoms with van der Waals surface area (Å²) in [6.45, 7) is 12.5. The van der Waals surface area contributed by atoms with Crippen LogP contribution in [0, 0.1) is 13.8 Å². The molecule has 2 aromatic heterocycles. The van der Waals surface area contributed by atoms with Crippen molar-refractivity contribution in [1.82, 2.24) is 14.2 Å². The van der Waals surface area contributed by atoms with Gasteiger partial charge >= 0.3 is 0 Å². The van der Waals surface area contributed by atoms with Crippen LogP contribution < -0.4 is 10.3 Å². The lowest BCUT2D eigenvalue weighted by atomic mass is 10.1. The number of hydrogen-bond acceptors (Lipinski definition) is 4. The van der Waals surface area contributed by atoms with E-state index in [4.69, 9.17) is 9.72 Å². The Morgan fingerprint density at radius 3 is 2.44 bits per heavy atom. The molecule has 2 atom stereocenters. The average Bonchev–Trinajstić information content (AvgIpc) is 3.16. The van der Waals surface area contributed by atoms with Crippen LogP contribution in [0.5, 0.6) is 5.75 Å². The third-order valence-corrected chi connectivity index (χ3v) is 7.17. The van der Waals surface area contributed by atoms with Crippen LogP contribution in [0.3, 0.4) is 0 Å². The quantitative estimate of drug-likeness (QED) is 0.220. The lowest BCUT2D eigenvalue weighted by Crippen LogP contribution is -2.23. The van der Waals surface area contributed by atoms with Crippen LogP contribution in [0.1, 0.15) is 69.2 Å². The number of benzene rings is 2. The lowest BCUT2D eigenvalue weighted by molar-refractivity contribution is 0.217. The van der Waals surface area contributed by atoms with Gasteiger partial charge < -0.3 is 9.30 Å². The van der Waals surface area contributed by atoms with Crippen LogP contribution in [0.15, 0.2) is 62.9 Å². The van der Waals surface area contributed by atoms with Crippen LogP contribution in [0.25, 0.3) is 16.6 Å². The van der Waals surface area contributed by atoms with E-state index in [1.165, 1.54) is 4.68 Å². The summed E-state index contributed by atoms with van der Waals surface area (Å²) in [5.74, 6) is 1.62. The molecule has 0 unspecified atom stereocenters. The number of nitrogens with zero attached hydrogens (tertiary/aromatic N) is 4. The molecule has 4 rings (SSSR count). The monoisotopic (exact) mass is 548 g/mol. The first-order chi connectivity index (χ1) is 17.2. The minimum atomic E-state index is -0.168. The molecule has 2 aromatic carbocycles. The van der Waals surface area contributed by atoms with E-state index in [0.717, 1.165) is 45.7 Å². The summed E-state index contributed by atoms with van der Waals surface area (Å²) in [7, 11) is 0. The zero-order valence-electron chi connectivity index (χ0n) is 21.7. The molecule has 2 heterocycles. The van der Waals surface area contributed by atoms with Crippen molar-refractivity contribution in [2.75, 3.05) is 0 Å². The molecule has 0 N–H and O–H groups in total. The van der Waals surface area contributed by atoms with Crippen molar-refractivity contribution in [3.8, 4) is 11.4 Å². The summed E-state index contributed by atoms with van der Waals surface area (Å²) >= 11 is 3.46. The Morgan fingerprint density at radius 1 is 1.06 bits per heavy atom. The maximum Gasteiger partial charge on any atom is 0.282 e. The first-order valence-corrected chi connectivity index (χ1v) is 13.2. The number of hydrogen-bond donors (Lipinski definition) is 0. The standard InChI is InChI=1S/C29H33BrN4O2/c1-7-18(3)28-32-27-14-9-23(30)16-26(27)29(35)34(28)31-17-22-15-19(4)33(21(22)6)24-10-12-25(13-11-24)36-20(5)8-2/h9-18,20H,7-8H2,1-6H3/t18-,20-/m0/s1. The van der Waals surface area contributed by atoms with E-state index in [1.807, 2.05) is 24.3 Å². The van der Waals surface area contributed by atoms with E-state index in [1.54, 1.807) is 12.3 Å². The highest BCUT2D eigenvalue weighted by atomic mass is 79.9. The van der Waals surface area contributed by atoms with Crippen molar-refractivity contribution in [3.05, 3.63) is 86.1 Å². The van der Waals surface area contributed by atoms with Gasteiger partial charge in [-0.15, -0.1) is 0 Å². The van der Waals surface area contributed by atoms with Gasteiger partial charge in [-0.2, -0.15) is 9.78 Å². The number of aromatic nitrogens is 3. The second-order valence-electron chi connectivity index (χ2n) is 9.29. The maximum atomic E-state index is 13.4. The van der Waals surface area contributed by atoms with Gasteiger partial charge in [-0.1, -0.05) is 36.7 Å². The summed E-state index contributed by atoms with van der Waals surface area (Å²) in [6, 6.07) is 15.8. The van der Waals surface area contributed by atoms with Gasteiger partial charge in [0.15, 0.2) is 0 Å². The van der Waals surface area contributed by atoms with Crippen LogP contribution >= 0.6 is 15.9 Å². The highest BCUT2D eigenvalue weighted by Crippen LogP contribution is 2.24. The molecule has 0 amide bonds. The number of fused-ring (bicyclic) bond motifs is 1. The molecule has 188 valence electrons. The fourth-order valence-electron chi connectivity index (χ4n) is 4.20. The van der Waals surface area contributed by atoms with Crippen LogP contribution in [-0.2, 0) is 0 Å². The van der Waals surface area contributed by atoms with Gasteiger partial charge in [0.1, 0.15) is 11.6 Å².